The van der Waals surface area contributed by atoms with Gasteiger partial charge in [-0.15, -0.1) is 0 Å². The molecule has 1 atom stereocenters. The molecule has 0 radical (unpaired) electrons. The maximum atomic E-state index is 2.36. The van der Waals surface area contributed by atoms with Gasteiger partial charge in [0, 0.05) is 12.1 Å². The van der Waals surface area contributed by atoms with Crippen LogP contribution < -0.4 is 0 Å². The fourth-order valence-electron chi connectivity index (χ4n) is 2.30. The average molecular weight is 271 g/mol. The van der Waals surface area contributed by atoms with Gasteiger partial charge in [0.2, 0.25) is 0 Å². The van der Waals surface area contributed by atoms with Crippen molar-refractivity contribution >= 4 is 0 Å². The third kappa shape index (κ3) is 10.3. The Labute approximate surface area is 121 Å². The van der Waals surface area contributed by atoms with Gasteiger partial charge >= 0.3 is 0 Å². The molecular weight excluding hydrogens is 234 g/mol. The fourth-order valence-corrected chi connectivity index (χ4v) is 2.30. The molecule has 0 bridgehead atoms. The van der Waals surface area contributed by atoms with E-state index in [1.54, 1.807) is 0 Å². The van der Waals surface area contributed by atoms with Crippen LogP contribution in [0.1, 0.15) is 45.4 Å². The average Bonchev–Trinajstić information content (AvgIpc) is 2.37. The van der Waals surface area contributed by atoms with Crippen LogP contribution >= 0.6 is 0 Å². The van der Waals surface area contributed by atoms with E-state index in [0.29, 0.717) is 6.04 Å². The van der Waals surface area contributed by atoms with Gasteiger partial charge in [0.1, 0.15) is 0 Å². The largest absolute Gasteiger partial charge is 0.309 e. The Morgan fingerprint density at radius 3 is 1.74 bits per heavy atom. The molecule has 1 saturated carbocycles. The van der Waals surface area contributed by atoms with E-state index >= 15 is 0 Å². The molecule has 1 rings (SSSR count). The van der Waals surface area contributed by atoms with E-state index in [4.69, 9.17) is 0 Å². The second-order valence-corrected chi connectivity index (χ2v) is 6.66. The standard InChI is InChI=1S/C8H20N2.C8H17N/c1-8(10(4)5)6-7-9(2)3;1-9(2)8-6-4-3-5-7-8/h8H,6-7H2,1-5H3;8H,3-7H2,1-2H3. The lowest BCUT2D eigenvalue weighted by molar-refractivity contribution is 0.229. The topological polar surface area (TPSA) is 9.72 Å². The Morgan fingerprint density at radius 1 is 0.895 bits per heavy atom. The minimum Gasteiger partial charge on any atom is -0.309 e. The van der Waals surface area contributed by atoms with Crippen molar-refractivity contribution in [2.24, 2.45) is 0 Å². The van der Waals surface area contributed by atoms with Gasteiger partial charge in [0.25, 0.3) is 0 Å². The summed E-state index contributed by atoms with van der Waals surface area (Å²) in [4.78, 5) is 6.84. The van der Waals surface area contributed by atoms with Crippen molar-refractivity contribution in [1.82, 2.24) is 14.7 Å². The zero-order chi connectivity index (χ0) is 14.8. The van der Waals surface area contributed by atoms with E-state index in [2.05, 4.69) is 63.9 Å². The van der Waals surface area contributed by atoms with E-state index in [1.165, 1.54) is 45.1 Å². The van der Waals surface area contributed by atoms with Gasteiger partial charge in [-0.2, -0.15) is 0 Å². The molecule has 0 N–H and O–H groups in total. The zero-order valence-electron chi connectivity index (χ0n) is 14.4. The number of nitrogens with zero attached hydrogens (tertiary/aromatic N) is 3. The molecule has 0 aromatic rings. The lowest BCUT2D eigenvalue weighted by Crippen LogP contribution is -2.29. The van der Waals surface area contributed by atoms with Crippen LogP contribution in [0.15, 0.2) is 0 Å². The van der Waals surface area contributed by atoms with E-state index in [9.17, 15) is 0 Å². The molecule has 0 aromatic heterocycles. The lowest BCUT2D eigenvalue weighted by Gasteiger charge is -2.27. The Bertz CT molecular complexity index is 196. The first-order valence-electron chi connectivity index (χ1n) is 7.82. The Balaban J connectivity index is 0.000000342. The van der Waals surface area contributed by atoms with Gasteiger partial charge in [0.15, 0.2) is 0 Å². The fraction of sp³-hybridized carbons (Fsp3) is 1.00. The van der Waals surface area contributed by atoms with Crippen molar-refractivity contribution in [1.29, 1.82) is 0 Å². The van der Waals surface area contributed by atoms with Gasteiger partial charge in [-0.3, -0.25) is 0 Å². The quantitative estimate of drug-likeness (QED) is 0.761. The van der Waals surface area contributed by atoms with Crippen LogP contribution in [0, 0.1) is 0 Å². The van der Waals surface area contributed by atoms with E-state index in [1.807, 2.05) is 0 Å². The van der Waals surface area contributed by atoms with Crippen LogP contribution in [0.25, 0.3) is 0 Å². The summed E-state index contributed by atoms with van der Waals surface area (Å²) in [5.74, 6) is 0. The molecule has 19 heavy (non-hydrogen) atoms. The molecule has 0 spiro atoms. The van der Waals surface area contributed by atoms with Crippen molar-refractivity contribution in [3.8, 4) is 0 Å². The van der Waals surface area contributed by atoms with Crippen LogP contribution in [0.2, 0.25) is 0 Å². The third-order valence-electron chi connectivity index (χ3n) is 4.18. The summed E-state index contributed by atoms with van der Waals surface area (Å²) in [5.41, 5.74) is 0. The second-order valence-electron chi connectivity index (χ2n) is 6.66. The highest BCUT2D eigenvalue weighted by Crippen LogP contribution is 2.20. The van der Waals surface area contributed by atoms with E-state index in [0.717, 1.165) is 6.04 Å². The first-order valence-corrected chi connectivity index (χ1v) is 7.82. The minimum absolute atomic E-state index is 0.697. The molecule has 1 aliphatic carbocycles. The van der Waals surface area contributed by atoms with Gasteiger partial charge in [-0.1, -0.05) is 19.3 Å². The first kappa shape index (κ1) is 18.9. The highest BCUT2D eigenvalue weighted by atomic mass is 15.1. The van der Waals surface area contributed by atoms with Gasteiger partial charge in [-0.25, -0.2) is 0 Å². The van der Waals surface area contributed by atoms with E-state index in [-0.39, 0.29) is 0 Å². The molecule has 0 heterocycles. The Kier molecular flexibility index (Phi) is 10.6. The summed E-state index contributed by atoms with van der Waals surface area (Å²) in [6.45, 7) is 3.43. The SMILES string of the molecule is CC(CCN(C)C)N(C)C.CN(C)C1CCCCC1. The van der Waals surface area contributed by atoms with Crippen LogP contribution in [-0.2, 0) is 0 Å². The second kappa shape index (κ2) is 10.6. The van der Waals surface area contributed by atoms with Crippen molar-refractivity contribution in [3.63, 3.8) is 0 Å². The van der Waals surface area contributed by atoms with Crippen LogP contribution in [0.4, 0.5) is 0 Å². The molecule has 0 aliphatic heterocycles. The molecule has 116 valence electrons. The smallest absolute Gasteiger partial charge is 0.00891 e. The lowest BCUT2D eigenvalue weighted by atomic mass is 9.95. The molecule has 1 aliphatic rings. The molecule has 3 heteroatoms. The molecular formula is C16H37N3. The van der Waals surface area contributed by atoms with Crippen molar-refractivity contribution in [2.75, 3.05) is 48.8 Å². The minimum atomic E-state index is 0.697. The van der Waals surface area contributed by atoms with Crippen molar-refractivity contribution in [3.05, 3.63) is 0 Å². The summed E-state index contributed by atoms with van der Waals surface area (Å²) in [5, 5.41) is 0. The Hall–Kier alpha value is -0.120. The predicted molar refractivity (Wildman–Crippen MR) is 86.9 cm³/mol. The molecule has 0 aromatic carbocycles. The van der Waals surface area contributed by atoms with Gasteiger partial charge in [-0.05, 0) is 75.0 Å². The molecule has 1 fully saturated rings. The molecule has 3 nitrogen and oxygen atoms in total. The maximum absolute atomic E-state index is 2.36. The highest BCUT2D eigenvalue weighted by molar-refractivity contribution is 4.70. The summed E-state index contributed by atoms with van der Waals surface area (Å²) < 4.78 is 0. The van der Waals surface area contributed by atoms with E-state index < -0.39 is 0 Å². The van der Waals surface area contributed by atoms with Gasteiger partial charge in [0.05, 0.1) is 0 Å². The number of hydrogen-bond acceptors (Lipinski definition) is 3. The van der Waals surface area contributed by atoms with Crippen molar-refractivity contribution < 1.29 is 0 Å². The zero-order valence-corrected chi connectivity index (χ0v) is 14.4. The summed E-state index contributed by atoms with van der Waals surface area (Å²) in [6, 6.07) is 1.58. The third-order valence-corrected chi connectivity index (χ3v) is 4.18. The summed E-state index contributed by atoms with van der Waals surface area (Å²) in [6.07, 6.45) is 8.45. The monoisotopic (exact) mass is 271 g/mol. The normalized spacial score (nSPS) is 18.6. The number of rotatable bonds is 5. The maximum Gasteiger partial charge on any atom is 0.00891 e. The van der Waals surface area contributed by atoms with Crippen LogP contribution in [0.5, 0.6) is 0 Å². The number of hydrogen-bond donors (Lipinski definition) is 0. The van der Waals surface area contributed by atoms with Crippen molar-refractivity contribution in [2.45, 2.75) is 57.5 Å². The molecule has 0 amide bonds. The highest BCUT2D eigenvalue weighted by Gasteiger charge is 2.13. The van der Waals surface area contributed by atoms with Crippen LogP contribution in [0.3, 0.4) is 0 Å². The summed E-state index contributed by atoms with van der Waals surface area (Å²) >= 11 is 0. The molecule has 1 unspecified atom stereocenters. The predicted octanol–water partition coefficient (Wildman–Crippen LogP) is 2.77. The molecule has 0 saturated heterocycles. The van der Waals surface area contributed by atoms with Gasteiger partial charge < -0.3 is 14.7 Å². The van der Waals surface area contributed by atoms with Crippen LogP contribution in [-0.4, -0.2) is 75.6 Å². The Morgan fingerprint density at radius 2 is 1.42 bits per heavy atom. The summed E-state index contributed by atoms with van der Waals surface area (Å²) in [7, 11) is 12.9. The first-order chi connectivity index (χ1) is 8.84.